The van der Waals surface area contributed by atoms with Gasteiger partial charge in [0.05, 0.1) is 12.3 Å². The largest absolute Gasteiger partial charge is 0.386 e. The third kappa shape index (κ3) is 5.41. The predicted octanol–water partition coefficient (Wildman–Crippen LogP) is 1.56. The van der Waals surface area contributed by atoms with Gasteiger partial charge in [-0.15, -0.1) is 0 Å². The molecule has 0 radical (unpaired) electrons. The van der Waals surface area contributed by atoms with Crippen LogP contribution in [-0.4, -0.2) is 34.0 Å². The highest BCUT2D eigenvalue weighted by molar-refractivity contribution is 5.73. The van der Waals surface area contributed by atoms with Crippen molar-refractivity contribution in [3.63, 3.8) is 0 Å². The number of rotatable bonds is 7. The topological polar surface area (TPSA) is 79.2 Å². The number of hydrogen-bond donors (Lipinski definition) is 3. The van der Waals surface area contributed by atoms with Gasteiger partial charge in [0.2, 0.25) is 0 Å². The van der Waals surface area contributed by atoms with Gasteiger partial charge in [0, 0.05) is 31.9 Å². The molecular weight excluding hydrogens is 292 g/mol. The molecule has 1 atom stereocenters. The molecule has 2 aromatic rings. The van der Waals surface area contributed by atoms with Crippen LogP contribution < -0.4 is 10.6 Å². The number of aliphatic hydroxyl groups is 1. The first-order valence-corrected chi connectivity index (χ1v) is 7.84. The van der Waals surface area contributed by atoms with E-state index in [1.165, 1.54) is 11.1 Å². The van der Waals surface area contributed by atoms with E-state index in [2.05, 4.69) is 46.9 Å². The van der Waals surface area contributed by atoms with Crippen LogP contribution in [0.2, 0.25) is 0 Å². The Morgan fingerprint density at radius 2 is 1.96 bits per heavy atom. The van der Waals surface area contributed by atoms with Crippen molar-refractivity contribution in [3.05, 3.63) is 53.3 Å². The Morgan fingerprint density at radius 1 is 1.26 bits per heavy atom. The molecule has 0 aliphatic heterocycles. The van der Waals surface area contributed by atoms with Crippen LogP contribution in [0.1, 0.15) is 29.7 Å². The number of urea groups is 1. The van der Waals surface area contributed by atoms with Crippen molar-refractivity contribution in [2.24, 2.45) is 7.05 Å². The molecule has 6 heteroatoms. The number of aryl methyl sites for hydroxylation is 2. The molecule has 23 heavy (non-hydrogen) atoms. The summed E-state index contributed by atoms with van der Waals surface area (Å²) in [4.78, 5) is 11.7. The molecule has 2 amide bonds. The molecule has 124 valence electrons. The average molecular weight is 316 g/mol. The number of nitrogens with zero attached hydrogens (tertiary/aromatic N) is 2. The van der Waals surface area contributed by atoms with Crippen LogP contribution in [0.5, 0.6) is 0 Å². The summed E-state index contributed by atoms with van der Waals surface area (Å²) in [5.41, 5.74) is 3.19. The molecule has 0 bridgehead atoms. The number of carbonyl (C=O) groups excluding carboxylic acids is 1. The van der Waals surface area contributed by atoms with E-state index in [1.807, 2.05) is 0 Å². The summed E-state index contributed by atoms with van der Waals surface area (Å²) in [6.45, 7) is 2.84. The van der Waals surface area contributed by atoms with Crippen molar-refractivity contribution < 1.29 is 9.90 Å². The van der Waals surface area contributed by atoms with E-state index in [0.29, 0.717) is 12.1 Å². The standard InChI is InChI=1S/C17H24N4O2/c1-3-13-4-6-14(7-5-13)8-9-18-17(23)19-11-16(22)15-10-20-21(2)12-15/h4-7,10,12,16,22H,3,8-9,11H2,1-2H3,(H2,18,19,23)/t16-/m0/s1. The third-order valence-corrected chi connectivity index (χ3v) is 3.70. The Balaban J connectivity index is 1.66. The van der Waals surface area contributed by atoms with Gasteiger partial charge in [-0.3, -0.25) is 4.68 Å². The van der Waals surface area contributed by atoms with Crippen molar-refractivity contribution in [1.82, 2.24) is 20.4 Å². The third-order valence-electron chi connectivity index (χ3n) is 3.70. The molecule has 0 fully saturated rings. The highest BCUT2D eigenvalue weighted by Crippen LogP contribution is 2.09. The van der Waals surface area contributed by atoms with E-state index in [-0.39, 0.29) is 12.6 Å². The van der Waals surface area contributed by atoms with E-state index in [1.54, 1.807) is 24.1 Å². The van der Waals surface area contributed by atoms with Crippen LogP contribution in [0.4, 0.5) is 4.79 Å². The zero-order valence-electron chi connectivity index (χ0n) is 13.6. The van der Waals surface area contributed by atoms with Crippen molar-refractivity contribution >= 4 is 6.03 Å². The van der Waals surface area contributed by atoms with Crippen LogP contribution in [-0.2, 0) is 19.9 Å². The summed E-state index contributed by atoms with van der Waals surface area (Å²) in [7, 11) is 1.78. The lowest BCUT2D eigenvalue weighted by Gasteiger charge is -2.11. The van der Waals surface area contributed by atoms with E-state index >= 15 is 0 Å². The Morgan fingerprint density at radius 3 is 2.57 bits per heavy atom. The summed E-state index contributed by atoms with van der Waals surface area (Å²) in [5, 5.41) is 19.4. The molecular formula is C17H24N4O2. The first-order chi connectivity index (χ1) is 11.1. The number of hydrogen-bond acceptors (Lipinski definition) is 3. The molecule has 0 unspecified atom stereocenters. The number of aromatic nitrogens is 2. The number of aliphatic hydroxyl groups excluding tert-OH is 1. The number of nitrogens with one attached hydrogen (secondary N) is 2. The molecule has 1 aromatic heterocycles. The SMILES string of the molecule is CCc1ccc(CCNC(=O)NC[C@H](O)c2cnn(C)c2)cc1. The first kappa shape index (κ1) is 17.0. The quantitative estimate of drug-likeness (QED) is 0.725. The second kappa shape index (κ2) is 8.33. The van der Waals surface area contributed by atoms with Gasteiger partial charge in [-0.1, -0.05) is 31.2 Å². The van der Waals surface area contributed by atoms with Gasteiger partial charge < -0.3 is 15.7 Å². The van der Waals surface area contributed by atoms with Crippen LogP contribution >= 0.6 is 0 Å². The number of carbonyl (C=O) groups is 1. The van der Waals surface area contributed by atoms with E-state index < -0.39 is 6.10 Å². The van der Waals surface area contributed by atoms with E-state index in [9.17, 15) is 9.90 Å². The summed E-state index contributed by atoms with van der Waals surface area (Å²) in [6, 6.07) is 8.12. The smallest absolute Gasteiger partial charge is 0.314 e. The molecule has 0 saturated heterocycles. The molecule has 0 saturated carbocycles. The van der Waals surface area contributed by atoms with E-state index in [0.717, 1.165) is 12.8 Å². The molecule has 3 N–H and O–H groups in total. The lowest BCUT2D eigenvalue weighted by Crippen LogP contribution is -2.38. The summed E-state index contributed by atoms with van der Waals surface area (Å²) >= 11 is 0. The van der Waals surface area contributed by atoms with Crippen molar-refractivity contribution in [3.8, 4) is 0 Å². The molecule has 2 rings (SSSR count). The highest BCUT2D eigenvalue weighted by Gasteiger charge is 2.10. The van der Waals surface area contributed by atoms with Crippen LogP contribution in [0.3, 0.4) is 0 Å². The maximum Gasteiger partial charge on any atom is 0.314 e. The lowest BCUT2D eigenvalue weighted by atomic mass is 10.1. The van der Waals surface area contributed by atoms with Gasteiger partial charge in [-0.2, -0.15) is 5.10 Å². The van der Waals surface area contributed by atoms with Crippen molar-refractivity contribution in [2.75, 3.05) is 13.1 Å². The van der Waals surface area contributed by atoms with Crippen LogP contribution in [0.15, 0.2) is 36.7 Å². The summed E-state index contributed by atoms with van der Waals surface area (Å²) < 4.78 is 1.61. The Bertz CT molecular complexity index is 622. The Hall–Kier alpha value is -2.34. The molecule has 1 heterocycles. The Labute approximate surface area is 136 Å². The molecule has 6 nitrogen and oxygen atoms in total. The zero-order chi connectivity index (χ0) is 16.7. The predicted molar refractivity (Wildman–Crippen MR) is 89.1 cm³/mol. The zero-order valence-corrected chi connectivity index (χ0v) is 13.6. The minimum absolute atomic E-state index is 0.155. The minimum atomic E-state index is -0.754. The molecule has 0 aliphatic rings. The fourth-order valence-corrected chi connectivity index (χ4v) is 2.24. The number of benzene rings is 1. The van der Waals surface area contributed by atoms with Crippen molar-refractivity contribution in [1.29, 1.82) is 0 Å². The summed E-state index contributed by atoms with van der Waals surface area (Å²) in [5.74, 6) is 0. The van der Waals surface area contributed by atoms with Gasteiger partial charge >= 0.3 is 6.03 Å². The fourth-order valence-electron chi connectivity index (χ4n) is 2.24. The first-order valence-electron chi connectivity index (χ1n) is 7.84. The van der Waals surface area contributed by atoms with Crippen LogP contribution in [0, 0.1) is 0 Å². The summed E-state index contributed by atoms with van der Waals surface area (Å²) in [6.07, 6.45) is 4.37. The Kier molecular flexibility index (Phi) is 6.17. The van der Waals surface area contributed by atoms with Gasteiger partial charge in [0.25, 0.3) is 0 Å². The van der Waals surface area contributed by atoms with E-state index in [4.69, 9.17) is 0 Å². The molecule has 1 aromatic carbocycles. The average Bonchev–Trinajstić information content (AvgIpc) is 3.00. The van der Waals surface area contributed by atoms with Crippen molar-refractivity contribution in [2.45, 2.75) is 25.9 Å². The number of amides is 2. The normalized spacial score (nSPS) is 12.0. The second-order valence-electron chi connectivity index (χ2n) is 5.52. The van der Waals surface area contributed by atoms with Gasteiger partial charge in [-0.05, 0) is 24.0 Å². The minimum Gasteiger partial charge on any atom is -0.386 e. The fraction of sp³-hybridized carbons (Fsp3) is 0.412. The lowest BCUT2D eigenvalue weighted by molar-refractivity contribution is 0.173. The van der Waals surface area contributed by atoms with Gasteiger partial charge in [-0.25, -0.2) is 4.79 Å². The van der Waals surface area contributed by atoms with Gasteiger partial charge in [0.15, 0.2) is 0 Å². The maximum absolute atomic E-state index is 11.7. The molecule has 0 spiro atoms. The monoisotopic (exact) mass is 316 g/mol. The second-order valence-corrected chi connectivity index (χ2v) is 5.52. The maximum atomic E-state index is 11.7. The van der Waals surface area contributed by atoms with Crippen LogP contribution in [0.25, 0.3) is 0 Å². The van der Waals surface area contributed by atoms with Gasteiger partial charge in [0.1, 0.15) is 0 Å². The highest BCUT2D eigenvalue weighted by atomic mass is 16.3. The molecule has 0 aliphatic carbocycles.